The molecule has 0 atom stereocenters. The molecule has 1 N–H and O–H groups in total. The number of aryl methyl sites for hydroxylation is 2. The molecule has 0 aliphatic rings. The molecule has 0 saturated carbocycles. The Morgan fingerprint density at radius 1 is 1.00 bits per heavy atom. The van der Waals surface area contributed by atoms with E-state index in [2.05, 4.69) is 4.98 Å². The van der Waals surface area contributed by atoms with Crippen LogP contribution in [0.1, 0.15) is 33.3 Å². The molecular formula is C24H18N2O3S. The van der Waals surface area contributed by atoms with Crippen molar-refractivity contribution in [2.75, 3.05) is 0 Å². The summed E-state index contributed by atoms with van der Waals surface area (Å²) in [7, 11) is 0. The van der Waals surface area contributed by atoms with Crippen molar-refractivity contribution in [2.24, 2.45) is 0 Å². The predicted octanol–water partition coefficient (Wildman–Crippen LogP) is 4.46. The van der Waals surface area contributed by atoms with Gasteiger partial charge in [0.15, 0.2) is 5.78 Å². The molecule has 5 rings (SSSR count). The largest absolute Gasteiger partial charge is 0.307 e. The summed E-state index contributed by atoms with van der Waals surface area (Å²) in [6.45, 7) is 3.88. The molecule has 0 aliphatic carbocycles. The first kappa shape index (κ1) is 18.5. The number of H-pyrrole nitrogens is 1. The van der Waals surface area contributed by atoms with E-state index >= 15 is 0 Å². The number of fused-ring (bicyclic) bond motifs is 4. The molecule has 6 heteroatoms. The second-order valence-corrected chi connectivity index (χ2v) is 8.41. The van der Waals surface area contributed by atoms with E-state index in [9.17, 15) is 14.4 Å². The van der Waals surface area contributed by atoms with Gasteiger partial charge in [-0.2, -0.15) is 0 Å². The van der Waals surface area contributed by atoms with Crippen LogP contribution >= 0.6 is 11.3 Å². The number of carbonyl (C=O) groups excluding carboxylic acids is 1. The Bertz CT molecular complexity index is 1600. The average molecular weight is 414 g/mol. The summed E-state index contributed by atoms with van der Waals surface area (Å²) in [4.78, 5) is 44.4. The van der Waals surface area contributed by atoms with Gasteiger partial charge in [-0.3, -0.25) is 18.8 Å². The Kier molecular flexibility index (Phi) is 4.18. The fourth-order valence-corrected chi connectivity index (χ4v) is 5.06. The number of ketones is 1. The number of thiophene rings is 1. The van der Waals surface area contributed by atoms with E-state index in [1.165, 1.54) is 15.7 Å². The van der Waals surface area contributed by atoms with Gasteiger partial charge in [0, 0.05) is 21.2 Å². The third-order valence-corrected chi connectivity index (χ3v) is 6.76. The predicted molar refractivity (Wildman–Crippen MR) is 121 cm³/mol. The van der Waals surface area contributed by atoms with E-state index in [-0.39, 0.29) is 22.5 Å². The van der Waals surface area contributed by atoms with Gasteiger partial charge in [0.25, 0.3) is 11.1 Å². The lowest BCUT2D eigenvalue weighted by molar-refractivity contribution is 0.104. The molecule has 5 nitrogen and oxygen atoms in total. The van der Waals surface area contributed by atoms with Crippen LogP contribution in [0.4, 0.5) is 0 Å². The zero-order chi connectivity index (χ0) is 21.0. The lowest BCUT2D eigenvalue weighted by Crippen LogP contribution is -2.23. The van der Waals surface area contributed by atoms with Crippen LogP contribution in [0.25, 0.3) is 26.6 Å². The van der Waals surface area contributed by atoms with Crippen LogP contribution in [0.5, 0.6) is 0 Å². The minimum absolute atomic E-state index is 0.218. The number of aromatic nitrogens is 2. The molecule has 3 heterocycles. The van der Waals surface area contributed by atoms with Crippen molar-refractivity contribution in [1.29, 1.82) is 0 Å². The molecular weight excluding hydrogens is 396 g/mol. The molecule has 5 aromatic rings. The molecule has 0 bridgehead atoms. The zero-order valence-corrected chi connectivity index (χ0v) is 17.3. The molecule has 0 fully saturated rings. The zero-order valence-electron chi connectivity index (χ0n) is 16.5. The number of aromatic amines is 1. The number of carbonyl (C=O) groups is 1. The highest BCUT2D eigenvalue weighted by Gasteiger charge is 2.23. The molecule has 3 aromatic heterocycles. The van der Waals surface area contributed by atoms with Gasteiger partial charge in [-0.15, -0.1) is 11.3 Å². The quantitative estimate of drug-likeness (QED) is 0.350. The monoisotopic (exact) mass is 414 g/mol. The van der Waals surface area contributed by atoms with Crippen molar-refractivity contribution in [2.45, 2.75) is 20.3 Å². The van der Waals surface area contributed by atoms with E-state index in [1.54, 1.807) is 30.3 Å². The van der Waals surface area contributed by atoms with E-state index in [1.807, 2.05) is 38.1 Å². The van der Waals surface area contributed by atoms with Gasteiger partial charge in [-0.1, -0.05) is 49.4 Å². The first-order chi connectivity index (χ1) is 14.5. The second-order valence-electron chi connectivity index (χ2n) is 7.29. The van der Waals surface area contributed by atoms with Crippen molar-refractivity contribution in [3.8, 4) is 0 Å². The van der Waals surface area contributed by atoms with Gasteiger partial charge in [-0.05, 0) is 31.0 Å². The summed E-state index contributed by atoms with van der Waals surface area (Å²) in [5.74, 6) is -0.218. The average Bonchev–Trinajstić information content (AvgIpc) is 3.19. The summed E-state index contributed by atoms with van der Waals surface area (Å²) < 4.78 is 1.49. The Hall–Kier alpha value is -3.51. The molecule has 0 aliphatic heterocycles. The van der Waals surface area contributed by atoms with Crippen LogP contribution in [0.15, 0.2) is 64.2 Å². The standard InChI is InChI=1S/C24H18N2O3S/c1-3-14-12-18-22(28)25-21-19(20(27)15-9-5-4-8-13(15)2)16-10-6-7-11-17(16)23(29)26(21)24(18)30-14/h4-12H,3H2,1-2H3,(H,25,28). The number of nitrogens with one attached hydrogen (secondary N) is 1. The molecule has 0 amide bonds. The third-order valence-electron chi connectivity index (χ3n) is 5.50. The Balaban J connectivity index is 2.03. The maximum Gasteiger partial charge on any atom is 0.265 e. The minimum Gasteiger partial charge on any atom is -0.307 e. The van der Waals surface area contributed by atoms with Gasteiger partial charge in [0.1, 0.15) is 10.5 Å². The Morgan fingerprint density at radius 2 is 1.70 bits per heavy atom. The summed E-state index contributed by atoms with van der Waals surface area (Å²) in [6, 6.07) is 16.2. The van der Waals surface area contributed by atoms with Crippen LogP contribution in [0.2, 0.25) is 0 Å². The molecule has 0 saturated heterocycles. The maximum atomic E-state index is 13.7. The number of pyridine rings is 1. The molecule has 0 spiro atoms. The minimum atomic E-state index is -0.297. The SMILES string of the molecule is CCc1cc2c(=O)[nH]c3c(C(=O)c4ccccc4C)c4ccccc4c(=O)n3c2s1. The van der Waals surface area contributed by atoms with E-state index < -0.39 is 0 Å². The van der Waals surface area contributed by atoms with E-state index in [4.69, 9.17) is 0 Å². The molecule has 0 unspecified atom stereocenters. The maximum absolute atomic E-state index is 13.7. The van der Waals surface area contributed by atoms with Crippen LogP contribution in [-0.2, 0) is 6.42 Å². The van der Waals surface area contributed by atoms with Crippen molar-refractivity contribution in [3.63, 3.8) is 0 Å². The van der Waals surface area contributed by atoms with Crippen LogP contribution in [-0.4, -0.2) is 15.2 Å². The summed E-state index contributed by atoms with van der Waals surface area (Å²) in [5, 5.41) is 1.46. The van der Waals surface area contributed by atoms with Gasteiger partial charge in [-0.25, -0.2) is 0 Å². The van der Waals surface area contributed by atoms with Gasteiger partial charge < -0.3 is 4.98 Å². The fraction of sp³-hybridized carbons (Fsp3) is 0.125. The second kappa shape index (κ2) is 6.78. The van der Waals surface area contributed by atoms with Gasteiger partial charge >= 0.3 is 0 Å². The first-order valence-electron chi connectivity index (χ1n) is 9.73. The van der Waals surface area contributed by atoms with Crippen LogP contribution < -0.4 is 11.1 Å². The lowest BCUT2D eigenvalue weighted by Gasteiger charge is -2.13. The highest BCUT2D eigenvalue weighted by molar-refractivity contribution is 7.18. The third kappa shape index (κ3) is 2.57. The summed E-state index contributed by atoms with van der Waals surface area (Å²) in [6.07, 6.45) is 0.762. The Morgan fingerprint density at radius 3 is 2.43 bits per heavy atom. The van der Waals surface area contributed by atoms with Crippen LogP contribution in [0, 0.1) is 6.92 Å². The fourth-order valence-electron chi connectivity index (χ4n) is 3.96. The van der Waals surface area contributed by atoms with Gasteiger partial charge in [0.05, 0.1) is 10.9 Å². The highest BCUT2D eigenvalue weighted by atomic mass is 32.1. The molecule has 148 valence electrons. The van der Waals surface area contributed by atoms with Gasteiger partial charge in [0.2, 0.25) is 0 Å². The smallest absolute Gasteiger partial charge is 0.265 e. The lowest BCUT2D eigenvalue weighted by atomic mass is 9.96. The topological polar surface area (TPSA) is 71.4 Å². The van der Waals surface area contributed by atoms with Crippen molar-refractivity contribution >= 4 is 43.8 Å². The normalized spacial score (nSPS) is 11.5. The van der Waals surface area contributed by atoms with Crippen molar-refractivity contribution in [1.82, 2.24) is 9.38 Å². The molecule has 30 heavy (non-hydrogen) atoms. The summed E-state index contributed by atoms with van der Waals surface area (Å²) >= 11 is 1.41. The Labute approximate surface area is 175 Å². The number of benzene rings is 2. The molecule has 0 radical (unpaired) electrons. The van der Waals surface area contributed by atoms with E-state index in [0.29, 0.717) is 32.1 Å². The number of nitrogens with zero attached hydrogens (tertiary/aromatic N) is 1. The van der Waals surface area contributed by atoms with Crippen LogP contribution in [0.3, 0.4) is 0 Å². The van der Waals surface area contributed by atoms with Crippen molar-refractivity contribution < 1.29 is 4.79 Å². The summed E-state index contributed by atoms with van der Waals surface area (Å²) in [5.41, 5.74) is 1.43. The number of hydrogen-bond donors (Lipinski definition) is 1. The number of rotatable bonds is 3. The van der Waals surface area contributed by atoms with E-state index in [0.717, 1.165) is 16.9 Å². The molecule has 2 aromatic carbocycles. The van der Waals surface area contributed by atoms with Crippen molar-refractivity contribution in [3.05, 3.63) is 96.9 Å². The number of hydrogen-bond acceptors (Lipinski definition) is 4. The first-order valence-corrected chi connectivity index (χ1v) is 10.6. The highest BCUT2D eigenvalue weighted by Crippen LogP contribution is 2.28.